The highest BCUT2D eigenvalue weighted by molar-refractivity contribution is 5.96. The molecular weight excluding hydrogens is 413 g/mol. The first kappa shape index (κ1) is 20.5. The predicted octanol–water partition coefficient (Wildman–Crippen LogP) is 4.45. The van der Waals surface area contributed by atoms with E-state index in [-0.39, 0.29) is 17.9 Å². The Labute approximate surface area is 173 Å². The van der Waals surface area contributed by atoms with Crippen LogP contribution in [-0.4, -0.2) is 23.8 Å². The van der Waals surface area contributed by atoms with Crippen LogP contribution in [0.1, 0.15) is 21.6 Å². The highest BCUT2D eigenvalue weighted by Crippen LogP contribution is 2.29. The van der Waals surface area contributed by atoms with Crippen LogP contribution in [0, 0.1) is 6.92 Å². The van der Waals surface area contributed by atoms with E-state index in [9.17, 15) is 22.8 Å². The zero-order valence-electron chi connectivity index (χ0n) is 16.3. The summed E-state index contributed by atoms with van der Waals surface area (Å²) in [5.41, 5.74) is 1.69. The Kier molecular flexibility index (Phi) is 5.18. The molecule has 6 nitrogen and oxygen atoms in total. The first-order chi connectivity index (χ1) is 14.7. The summed E-state index contributed by atoms with van der Waals surface area (Å²) in [6.07, 6.45) is -4.44. The summed E-state index contributed by atoms with van der Waals surface area (Å²) in [7, 11) is 0. The fraction of sp³-hybridized carbons (Fsp3) is 0.182. The van der Waals surface area contributed by atoms with Crippen molar-refractivity contribution in [3.8, 4) is 5.75 Å². The average Bonchev–Trinajstić information content (AvgIpc) is 3.01. The van der Waals surface area contributed by atoms with Crippen LogP contribution < -0.4 is 15.7 Å². The SMILES string of the molecule is Cc1[nH]c2ccc(OC(F)(F)F)cc2c1CCNC(=O)c1cc2ccccc2oc1=O. The number of halogens is 3. The third-order valence-electron chi connectivity index (χ3n) is 4.87. The van der Waals surface area contributed by atoms with Gasteiger partial charge in [-0.15, -0.1) is 13.2 Å². The number of hydrogen-bond acceptors (Lipinski definition) is 4. The molecule has 4 aromatic rings. The minimum atomic E-state index is -4.78. The second-order valence-electron chi connectivity index (χ2n) is 6.98. The molecule has 9 heteroatoms. The van der Waals surface area contributed by atoms with Crippen LogP contribution in [-0.2, 0) is 6.42 Å². The smallest absolute Gasteiger partial charge is 0.422 e. The molecular formula is C22H17F3N2O4. The van der Waals surface area contributed by atoms with E-state index in [0.29, 0.717) is 28.3 Å². The van der Waals surface area contributed by atoms with Crippen molar-refractivity contribution in [2.45, 2.75) is 19.7 Å². The van der Waals surface area contributed by atoms with Crippen LogP contribution in [0.25, 0.3) is 21.9 Å². The van der Waals surface area contributed by atoms with Crippen molar-refractivity contribution < 1.29 is 27.1 Å². The number of aromatic amines is 1. The van der Waals surface area contributed by atoms with Crippen molar-refractivity contribution in [2.24, 2.45) is 0 Å². The monoisotopic (exact) mass is 430 g/mol. The van der Waals surface area contributed by atoms with Crippen molar-refractivity contribution in [3.05, 3.63) is 75.8 Å². The van der Waals surface area contributed by atoms with Gasteiger partial charge in [0.25, 0.3) is 5.91 Å². The fourth-order valence-electron chi connectivity index (χ4n) is 3.50. The quantitative estimate of drug-likeness (QED) is 0.458. The summed E-state index contributed by atoms with van der Waals surface area (Å²) in [4.78, 5) is 27.7. The molecule has 0 aliphatic carbocycles. The number of aromatic nitrogens is 1. The predicted molar refractivity (Wildman–Crippen MR) is 108 cm³/mol. The van der Waals surface area contributed by atoms with E-state index in [1.807, 2.05) is 0 Å². The maximum atomic E-state index is 12.5. The van der Waals surface area contributed by atoms with Crippen LogP contribution in [0.3, 0.4) is 0 Å². The minimum Gasteiger partial charge on any atom is -0.422 e. The molecule has 0 saturated heterocycles. The molecule has 0 bridgehead atoms. The van der Waals surface area contributed by atoms with Gasteiger partial charge in [0.2, 0.25) is 0 Å². The lowest BCUT2D eigenvalue weighted by atomic mass is 10.1. The van der Waals surface area contributed by atoms with Gasteiger partial charge >= 0.3 is 12.0 Å². The number of nitrogens with one attached hydrogen (secondary N) is 2. The summed E-state index contributed by atoms with van der Waals surface area (Å²) in [5.74, 6) is -0.906. The molecule has 4 rings (SSSR count). The van der Waals surface area contributed by atoms with Gasteiger partial charge in [-0.05, 0) is 49.2 Å². The summed E-state index contributed by atoms with van der Waals surface area (Å²) < 4.78 is 46.7. The number of carbonyl (C=O) groups is 1. The van der Waals surface area contributed by atoms with Gasteiger partial charge in [-0.1, -0.05) is 18.2 Å². The summed E-state index contributed by atoms with van der Waals surface area (Å²) in [5, 5.41) is 3.85. The largest absolute Gasteiger partial charge is 0.573 e. The third-order valence-corrected chi connectivity index (χ3v) is 4.87. The molecule has 2 aromatic carbocycles. The van der Waals surface area contributed by atoms with Crippen LogP contribution in [0.2, 0.25) is 0 Å². The van der Waals surface area contributed by atoms with Gasteiger partial charge in [-0.3, -0.25) is 4.79 Å². The van der Waals surface area contributed by atoms with E-state index in [4.69, 9.17) is 4.42 Å². The molecule has 0 saturated carbocycles. The molecule has 160 valence electrons. The van der Waals surface area contributed by atoms with E-state index in [1.165, 1.54) is 24.3 Å². The maximum absolute atomic E-state index is 12.5. The number of amides is 1. The molecule has 2 N–H and O–H groups in total. The molecule has 0 radical (unpaired) electrons. The number of aryl methyl sites for hydroxylation is 1. The molecule has 0 atom stereocenters. The van der Waals surface area contributed by atoms with Gasteiger partial charge < -0.3 is 19.5 Å². The third kappa shape index (κ3) is 4.40. The standard InChI is InChI=1S/C22H17F3N2O4/c1-12-15(16-11-14(31-22(23,24)25)6-7-18(16)27-12)8-9-26-20(28)17-10-13-4-2-3-5-19(13)30-21(17)29/h2-7,10-11,27H,8-9H2,1H3,(H,26,28). The lowest BCUT2D eigenvalue weighted by molar-refractivity contribution is -0.274. The normalized spacial score (nSPS) is 11.7. The van der Waals surface area contributed by atoms with Crippen LogP contribution in [0.15, 0.2) is 57.7 Å². The van der Waals surface area contributed by atoms with E-state index in [1.54, 1.807) is 31.2 Å². The summed E-state index contributed by atoms with van der Waals surface area (Å²) in [6.45, 7) is 1.96. The fourth-order valence-corrected chi connectivity index (χ4v) is 3.50. The van der Waals surface area contributed by atoms with Gasteiger partial charge in [-0.2, -0.15) is 0 Å². The number of rotatable bonds is 5. The number of carbonyl (C=O) groups excluding carboxylic acids is 1. The Morgan fingerprint density at radius 1 is 1.16 bits per heavy atom. The highest BCUT2D eigenvalue weighted by atomic mass is 19.4. The van der Waals surface area contributed by atoms with Gasteiger partial charge in [0, 0.05) is 28.5 Å². The Hall–Kier alpha value is -3.75. The van der Waals surface area contributed by atoms with Gasteiger partial charge in [0.15, 0.2) is 0 Å². The van der Waals surface area contributed by atoms with Gasteiger partial charge in [0.1, 0.15) is 16.9 Å². The van der Waals surface area contributed by atoms with Crippen LogP contribution >= 0.6 is 0 Å². The number of hydrogen-bond donors (Lipinski definition) is 2. The van der Waals surface area contributed by atoms with Crippen molar-refractivity contribution in [2.75, 3.05) is 6.54 Å². The Morgan fingerprint density at radius 2 is 1.94 bits per heavy atom. The molecule has 0 fully saturated rings. The summed E-state index contributed by atoms with van der Waals surface area (Å²) >= 11 is 0. The molecule has 0 spiro atoms. The Balaban J connectivity index is 1.51. The maximum Gasteiger partial charge on any atom is 0.573 e. The summed E-state index contributed by atoms with van der Waals surface area (Å²) in [6, 6.07) is 12.4. The van der Waals surface area contributed by atoms with Gasteiger partial charge in [-0.25, -0.2) is 4.79 Å². The van der Waals surface area contributed by atoms with Crippen molar-refractivity contribution in [1.82, 2.24) is 10.3 Å². The Morgan fingerprint density at radius 3 is 2.71 bits per heavy atom. The number of benzene rings is 2. The second kappa shape index (κ2) is 7.82. The number of ether oxygens (including phenoxy) is 1. The minimum absolute atomic E-state index is 0.116. The molecule has 1 amide bonds. The molecule has 0 unspecified atom stereocenters. The zero-order chi connectivity index (χ0) is 22.2. The van der Waals surface area contributed by atoms with Crippen molar-refractivity contribution in [1.29, 1.82) is 0 Å². The molecule has 2 aromatic heterocycles. The lowest BCUT2D eigenvalue weighted by Crippen LogP contribution is -2.30. The highest BCUT2D eigenvalue weighted by Gasteiger charge is 2.31. The molecule has 0 aliphatic rings. The van der Waals surface area contributed by atoms with E-state index < -0.39 is 17.9 Å². The van der Waals surface area contributed by atoms with Crippen molar-refractivity contribution in [3.63, 3.8) is 0 Å². The first-order valence-electron chi connectivity index (χ1n) is 9.39. The number of H-pyrrole nitrogens is 1. The Bertz CT molecular complexity index is 1340. The van der Waals surface area contributed by atoms with E-state index >= 15 is 0 Å². The average molecular weight is 430 g/mol. The molecule has 31 heavy (non-hydrogen) atoms. The number of fused-ring (bicyclic) bond motifs is 2. The number of para-hydroxylation sites is 1. The van der Waals surface area contributed by atoms with Crippen LogP contribution in [0.4, 0.5) is 13.2 Å². The topological polar surface area (TPSA) is 84.3 Å². The van der Waals surface area contributed by atoms with E-state index in [0.717, 1.165) is 11.3 Å². The molecule has 2 heterocycles. The second-order valence-corrected chi connectivity index (χ2v) is 6.98. The van der Waals surface area contributed by atoms with Gasteiger partial charge in [0.05, 0.1) is 0 Å². The van der Waals surface area contributed by atoms with Crippen molar-refractivity contribution >= 4 is 27.8 Å². The number of alkyl halides is 3. The molecule has 0 aliphatic heterocycles. The van der Waals surface area contributed by atoms with E-state index in [2.05, 4.69) is 15.0 Å². The zero-order valence-corrected chi connectivity index (χ0v) is 16.3. The first-order valence-corrected chi connectivity index (χ1v) is 9.39. The lowest BCUT2D eigenvalue weighted by Gasteiger charge is -2.09. The van der Waals surface area contributed by atoms with Crippen LogP contribution in [0.5, 0.6) is 5.75 Å².